The molecule has 2 rings (SSSR count). The zero-order chi connectivity index (χ0) is 15.5. The maximum Gasteiger partial charge on any atom is 0.408 e. The van der Waals surface area contributed by atoms with Gasteiger partial charge >= 0.3 is 6.09 Å². The van der Waals surface area contributed by atoms with Gasteiger partial charge in [0.05, 0.1) is 0 Å². The zero-order valence-electron chi connectivity index (χ0n) is 13.4. The molecule has 0 bridgehead atoms. The Balaban J connectivity index is 1.89. The number of carbonyl (C=O) groups excluding carboxylic acids is 2. The van der Waals surface area contributed by atoms with Crippen molar-refractivity contribution in [2.45, 2.75) is 83.4 Å². The summed E-state index contributed by atoms with van der Waals surface area (Å²) in [6, 6.07) is -0.160. The number of nitrogens with one attached hydrogen (secondary N) is 2. The van der Waals surface area contributed by atoms with Crippen LogP contribution in [0.15, 0.2) is 0 Å². The molecule has 21 heavy (non-hydrogen) atoms. The van der Waals surface area contributed by atoms with Crippen LogP contribution in [0, 0.1) is 5.92 Å². The van der Waals surface area contributed by atoms with Gasteiger partial charge in [0.2, 0.25) is 5.91 Å². The van der Waals surface area contributed by atoms with Gasteiger partial charge in [0.25, 0.3) is 0 Å². The molecule has 2 N–H and O–H groups in total. The number of ether oxygens (including phenoxy) is 1. The molecule has 0 heterocycles. The Bertz CT molecular complexity index is 379. The van der Waals surface area contributed by atoms with Crippen LogP contribution in [0.25, 0.3) is 0 Å². The third-order valence-electron chi connectivity index (χ3n) is 3.97. The van der Waals surface area contributed by atoms with E-state index in [2.05, 4.69) is 10.6 Å². The van der Waals surface area contributed by atoms with Crippen LogP contribution in [-0.4, -0.2) is 29.7 Å². The van der Waals surface area contributed by atoms with Crippen LogP contribution in [-0.2, 0) is 9.53 Å². The van der Waals surface area contributed by atoms with E-state index in [-0.39, 0.29) is 5.91 Å². The van der Waals surface area contributed by atoms with E-state index in [1.807, 2.05) is 20.8 Å². The van der Waals surface area contributed by atoms with Gasteiger partial charge in [-0.15, -0.1) is 0 Å². The van der Waals surface area contributed by atoms with Crippen LogP contribution in [0.5, 0.6) is 0 Å². The third kappa shape index (κ3) is 5.94. The normalized spacial score (nSPS) is 20.9. The molecule has 2 aliphatic rings. The molecule has 0 aromatic heterocycles. The second kappa shape index (κ2) is 6.67. The average Bonchev–Trinajstić information content (AvgIpc) is 3.00. The van der Waals surface area contributed by atoms with Crippen LogP contribution >= 0.6 is 0 Å². The quantitative estimate of drug-likeness (QED) is 0.819. The zero-order valence-corrected chi connectivity index (χ0v) is 13.4. The Morgan fingerprint density at radius 2 is 1.76 bits per heavy atom. The fraction of sp³-hybridized carbons (Fsp3) is 0.875. The topological polar surface area (TPSA) is 67.4 Å². The highest BCUT2D eigenvalue weighted by Gasteiger charge is 2.31. The summed E-state index contributed by atoms with van der Waals surface area (Å²) in [5.74, 6) is 0.477. The molecule has 5 heteroatoms. The van der Waals surface area contributed by atoms with Crippen molar-refractivity contribution in [3.63, 3.8) is 0 Å². The third-order valence-corrected chi connectivity index (χ3v) is 3.97. The highest BCUT2D eigenvalue weighted by molar-refractivity contribution is 5.86. The van der Waals surface area contributed by atoms with E-state index in [0.717, 1.165) is 32.1 Å². The van der Waals surface area contributed by atoms with E-state index in [9.17, 15) is 9.59 Å². The Morgan fingerprint density at radius 1 is 1.14 bits per heavy atom. The second-order valence-electron chi connectivity index (χ2n) is 7.37. The van der Waals surface area contributed by atoms with Crippen molar-refractivity contribution in [2.75, 3.05) is 0 Å². The minimum absolute atomic E-state index is 0.0599. The molecule has 2 aliphatic carbocycles. The molecule has 1 unspecified atom stereocenters. The van der Waals surface area contributed by atoms with Crippen LogP contribution in [0.1, 0.15) is 65.7 Å². The first-order valence-electron chi connectivity index (χ1n) is 8.13. The predicted octanol–water partition coefficient (Wildman–Crippen LogP) is 2.74. The van der Waals surface area contributed by atoms with Crippen LogP contribution in [0.4, 0.5) is 4.79 Å². The molecule has 0 aromatic carbocycles. The summed E-state index contributed by atoms with van der Waals surface area (Å²) in [5.41, 5.74) is -0.547. The van der Waals surface area contributed by atoms with Crippen molar-refractivity contribution in [1.29, 1.82) is 0 Å². The Hall–Kier alpha value is -1.26. The number of rotatable bonds is 5. The summed E-state index contributed by atoms with van der Waals surface area (Å²) >= 11 is 0. The second-order valence-corrected chi connectivity index (χ2v) is 7.37. The lowest BCUT2D eigenvalue weighted by molar-refractivity contribution is -0.123. The summed E-state index contributed by atoms with van der Waals surface area (Å²) < 4.78 is 5.27. The van der Waals surface area contributed by atoms with E-state index in [1.54, 1.807) is 0 Å². The molecule has 2 saturated carbocycles. The first kappa shape index (κ1) is 16.1. The number of hydrogen-bond donors (Lipinski definition) is 2. The van der Waals surface area contributed by atoms with Crippen LogP contribution in [0.3, 0.4) is 0 Å². The van der Waals surface area contributed by atoms with Gasteiger partial charge in [-0.1, -0.05) is 25.7 Å². The molecule has 1 atom stereocenters. The molecule has 0 aliphatic heterocycles. The van der Waals surface area contributed by atoms with Gasteiger partial charge in [-0.05, 0) is 46.0 Å². The van der Waals surface area contributed by atoms with E-state index >= 15 is 0 Å². The summed E-state index contributed by atoms with van der Waals surface area (Å²) in [7, 11) is 0. The highest BCUT2D eigenvalue weighted by Crippen LogP contribution is 2.29. The summed E-state index contributed by atoms with van der Waals surface area (Å²) in [6.45, 7) is 5.47. The Morgan fingerprint density at radius 3 is 2.29 bits per heavy atom. The van der Waals surface area contributed by atoms with E-state index in [1.165, 1.54) is 12.8 Å². The molecular formula is C16H28N2O3. The van der Waals surface area contributed by atoms with Crippen LogP contribution in [0.2, 0.25) is 0 Å². The maximum atomic E-state index is 12.3. The number of hydrogen-bond acceptors (Lipinski definition) is 3. The lowest BCUT2D eigenvalue weighted by Gasteiger charge is -2.24. The smallest absolute Gasteiger partial charge is 0.408 e. The number of amides is 2. The minimum atomic E-state index is -0.547. The molecule has 5 nitrogen and oxygen atoms in total. The van der Waals surface area contributed by atoms with Gasteiger partial charge in [-0.3, -0.25) is 4.79 Å². The van der Waals surface area contributed by atoms with E-state index in [4.69, 9.17) is 4.74 Å². The van der Waals surface area contributed by atoms with E-state index < -0.39 is 17.7 Å². The fourth-order valence-corrected chi connectivity index (χ4v) is 2.79. The minimum Gasteiger partial charge on any atom is -0.444 e. The van der Waals surface area contributed by atoms with Crippen molar-refractivity contribution in [1.82, 2.24) is 10.6 Å². The van der Waals surface area contributed by atoms with Gasteiger partial charge in [0, 0.05) is 6.04 Å². The van der Waals surface area contributed by atoms with Gasteiger partial charge in [0.1, 0.15) is 11.6 Å². The molecular weight excluding hydrogens is 268 g/mol. The Kier molecular flexibility index (Phi) is 5.12. The van der Waals surface area contributed by atoms with Crippen molar-refractivity contribution >= 4 is 12.0 Å². The molecule has 0 saturated heterocycles. The summed E-state index contributed by atoms with van der Waals surface area (Å²) in [6.07, 6.45) is 7.09. The van der Waals surface area contributed by atoms with Crippen molar-refractivity contribution in [3.8, 4) is 0 Å². The predicted molar refractivity (Wildman–Crippen MR) is 80.9 cm³/mol. The fourth-order valence-electron chi connectivity index (χ4n) is 2.79. The molecule has 2 amide bonds. The maximum absolute atomic E-state index is 12.3. The first-order chi connectivity index (χ1) is 9.83. The van der Waals surface area contributed by atoms with Crippen molar-refractivity contribution in [2.24, 2.45) is 5.92 Å². The van der Waals surface area contributed by atoms with Gasteiger partial charge < -0.3 is 15.4 Å². The van der Waals surface area contributed by atoms with Crippen LogP contribution < -0.4 is 10.6 Å². The van der Waals surface area contributed by atoms with Crippen molar-refractivity contribution in [3.05, 3.63) is 0 Å². The molecule has 120 valence electrons. The number of alkyl carbamates (subject to hydrolysis) is 1. The van der Waals surface area contributed by atoms with Crippen molar-refractivity contribution < 1.29 is 14.3 Å². The largest absolute Gasteiger partial charge is 0.444 e. The standard InChI is InChI=1S/C16H28N2O3/c1-16(2,3)21-15(20)18-13(10-11-6-4-5-7-11)14(19)17-12-8-9-12/h11-13H,4-10H2,1-3H3,(H,17,19)(H,18,20). The highest BCUT2D eigenvalue weighted by atomic mass is 16.6. The van der Waals surface area contributed by atoms with Gasteiger partial charge in [-0.2, -0.15) is 0 Å². The average molecular weight is 296 g/mol. The molecule has 0 spiro atoms. The lowest BCUT2D eigenvalue weighted by Crippen LogP contribution is -2.49. The van der Waals surface area contributed by atoms with Gasteiger partial charge in [-0.25, -0.2) is 4.79 Å². The number of carbonyl (C=O) groups is 2. The van der Waals surface area contributed by atoms with Gasteiger partial charge in [0.15, 0.2) is 0 Å². The monoisotopic (exact) mass is 296 g/mol. The molecule has 2 fully saturated rings. The summed E-state index contributed by atoms with van der Waals surface area (Å²) in [4.78, 5) is 24.2. The lowest BCUT2D eigenvalue weighted by atomic mass is 9.98. The summed E-state index contributed by atoms with van der Waals surface area (Å²) in [5, 5.41) is 5.75. The Labute approximate surface area is 127 Å². The van der Waals surface area contributed by atoms with E-state index in [0.29, 0.717) is 12.0 Å². The first-order valence-corrected chi connectivity index (χ1v) is 8.13. The molecule has 0 radical (unpaired) electrons. The SMILES string of the molecule is CC(C)(C)OC(=O)NC(CC1CCCC1)C(=O)NC1CC1. The molecule has 0 aromatic rings.